The maximum absolute atomic E-state index is 11.8. The fourth-order valence-corrected chi connectivity index (χ4v) is 3.42. The van der Waals surface area contributed by atoms with Crippen molar-refractivity contribution < 1.29 is 37.6 Å². The smallest absolute Gasteiger partial charge is 0.305 e. The van der Waals surface area contributed by atoms with Crippen molar-refractivity contribution in [2.45, 2.75) is 77.2 Å². The van der Waals surface area contributed by atoms with Gasteiger partial charge in [0, 0.05) is 6.42 Å². The fraction of sp³-hybridized carbons (Fsp3) is 0.792. The summed E-state index contributed by atoms with van der Waals surface area (Å²) in [6, 6.07) is 0. The summed E-state index contributed by atoms with van der Waals surface area (Å²) in [5.41, 5.74) is 0. The van der Waals surface area contributed by atoms with Crippen molar-refractivity contribution in [2.24, 2.45) is 0 Å². The van der Waals surface area contributed by atoms with Gasteiger partial charge in [-0.05, 0) is 32.1 Å². The van der Waals surface area contributed by atoms with E-state index in [-0.39, 0.29) is 19.6 Å². The first-order valence-electron chi connectivity index (χ1n) is 12.1. The molecule has 0 rings (SSSR count). The van der Waals surface area contributed by atoms with Gasteiger partial charge in [0.05, 0.1) is 27.7 Å². The van der Waals surface area contributed by atoms with Crippen LogP contribution < -0.4 is 4.89 Å². The minimum absolute atomic E-state index is 0.0111. The van der Waals surface area contributed by atoms with Crippen LogP contribution in [0.4, 0.5) is 0 Å². The number of rotatable bonds is 21. The standard InChI is InChI=1S/C24H46NO7P/c1-5-6-7-8-9-10-11-12-13-14-15-16-17-18-24(27)30-21-23(26)22-32-33(28,29)31-20-19-25(2,3)4/h7-8,10-11,23,26H,5-6,9,12-22H2,1-4H3/b8-7-,11-10-. The van der Waals surface area contributed by atoms with Crippen LogP contribution in [0.25, 0.3) is 0 Å². The molecular formula is C24H46NO7P. The number of likely N-dealkylation sites (N-methyl/N-ethyl adjacent to an activating group) is 1. The van der Waals surface area contributed by atoms with E-state index in [2.05, 4.69) is 35.8 Å². The van der Waals surface area contributed by atoms with Crippen molar-refractivity contribution in [3.63, 3.8) is 0 Å². The van der Waals surface area contributed by atoms with E-state index in [9.17, 15) is 19.4 Å². The SMILES string of the molecule is CCC/C=C\C/C=C\CCCCCCCC(=O)OCC(O)COP(=O)([O-])OCC[N+](C)(C)C. The third kappa shape index (κ3) is 23.9. The quantitative estimate of drug-likeness (QED) is 0.0846. The van der Waals surface area contributed by atoms with Gasteiger partial charge >= 0.3 is 5.97 Å². The molecule has 2 unspecified atom stereocenters. The molecule has 0 saturated heterocycles. The van der Waals surface area contributed by atoms with Gasteiger partial charge in [0.25, 0.3) is 7.82 Å². The average molecular weight is 492 g/mol. The fourth-order valence-electron chi connectivity index (χ4n) is 2.69. The number of allylic oxidation sites excluding steroid dienone is 4. The lowest BCUT2D eigenvalue weighted by Crippen LogP contribution is -2.37. The first kappa shape index (κ1) is 32.0. The molecule has 0 aliphatic carbocycles. The normalized spacial score (nSPS) is 15.2. The lowest BCUT2D eigenvalue weighted by atomic mass is 10.1. The maximum Gasteiger partial charge on any atom is 0.305 e. The number of carbonyl (C=O) groups excluding carboxylic acids is 1. The van der Waals surface area contributed by atoms with Crippen LogP contribution >= 0.6 is 7.82 Å². The van der Waals surface area contributed by atoms with Crippen LogP contribution in [-0.2, 0) is 23.1 Å². The highest BCUT2D eigenvalue weighted by Crippen LogP contribution is 2.38. The topological polar surface area (TPSA) is 105 Å². The zero-order chi connectivity index (χ0) is 25.0. The highest BCUT2D eigenvalue weighted by atomic mass is 31.2. The van der Waals surface area contributed by atoms with Crippen LogP contribution in [0.15, 0.2) is 24.3 Å². The molecule has 0 aromatic heterocycles. The third-order valence-electron chi connectivity index (χ3n) is 4.69. The summed E-state index contributed by atoms with van der Waals surface area (Å²) >= 11 is 0. The van der Waals surface area contributed by atoms with Crippen LogP contribution in [0, 0.1) is 0 Å². The Bertz CT molecular complexity index is 602. The van der Waals surface area contributed by atoms with E-state index in [1.807, 2.05) is 21.1 Å². The summed E-state index contributed by atoms with van der Waals surface area (Å²) in [5.74, 6) is -0.405. The van der Waals surface area contributed by atoms with E-state index < -0.39 is 26.5 Å². The van der Waals surface area contributed by atoms with Crippen LogP contribution in [0.1, 0.15) is 71.1 Å². The summed E-state index contributed by atoms with van der Waals surface area (Å²) < 4.78 is 26.6. The number of esters is 1. The molecule has 0 spiro atoms. The maximum atomic E-state index is 11.8. The number of ether oxygens (including phenoxy) is 1. The van der Waals surface area contributed by atoms with Gasteiger partial charge in [-0.3, -0.25) is 9.36 Å². The van der Waals surface area contributed by atoms with Crippen molar-refractivity contribution in [3.05, 3.63) is 24.3 Å². The number of nitrogens with zero attached hydrogens (tertiary/aromatic N) is 1. The first-order chi connectivity index (χ1) is 15.6. The Morgan fingerprint density at radius 2 is 1.61 bits per heavy atom. The van der Waals surface area contributed by atoms with E-state index in [0.717, 1.165) is 51.4 Å². The van der Waals surface area contributed by atoms with E-state index in [0.29, 0.717) is 11.0 Å². The highest BCUT2D eigenvalue weighted by molar-refractivity contribution is 7.45. The second-order valence-electron chi connectivity index (χ2n) is 9.20. The Kier molecular flexibility index (Phi) is 18.7. The monoisotopic (exact) mass is 491 g/mol. The molecule has 0 bridgehead atoms. The Hall–Kier alpha value is -1.02. The molecule has 0 radical (unpaired) electrons. The van der Waals surface area contributed by atoms with Crippen molar-refractivity contribution >= 4 is 13.8 Å². The predicted octanol–water partition coefficient (Wildman–Crippen LogP) is 4.13. The Morgan fingerprint density at radius 1 is 0.970 bits per heavy atom. The number of hydrogen-bond donors (Lipinski definition) is 1. The van der Waals surface area contributed by atoms with Gasteiger partial charge in [0.2, 0.25) is 0 Å². The lowest BCUT2D eigenvalue weighted by molar-refractivity contribution is -0.870. The van der Waals surface area contributed by atoms with Gasteiger partial charge in [0.1, 0.15) is 25.9 Å². The summed E-state index contributed by atoms with van der Waals surface area (Å²) in [5, 5.41) is 9.77. The Morgan fingerprint density at radius 3 is 2.27 bits per heavy atom. The first-order valence-corrected chi connectivity index (χ1v) is 13.6. The molecule has 1 N–H and O–H groups in total. The van der Waals surface area contributed by atoms with Crippen LogP contribution in [0.3, 0.4) is 0 Å². The summed E-state index contributed by atoms with van der Waals surface area (Å²) in [4.78, 5) is 23.4. The van der Waals surface area contributed by atoms with Crippen molar-refractivity contribution in [2.75, 3.05) is 47.5 Å². The second-order valence-corrected chi connectivity index (χ2v) is 10.6. The Labute approximate surface area is 200 Å². The van der Waals surface area contributed by atoms with Crippen LogP contribution in [0.5, 0.6) is 0 Å². The molecule has 0 aliphatic rings. The molecule has 33 heavy (non-hydrogen) atoms. The van der Waals surface area contributed by atoms with Crippen LogP contribution in [0.2, 0.25) is 0 Å². The van der Waals surface area contributed by atoms with Gasteiger partial charge in [-0.1, -0.05) is 56.9 Å². The molecule has 0 aliphatic heterocycles. The number of phosphoric ester groups is 1. The van der Waals surface area contributed by atoms with E-state index in [4.69, 9.17) is 9.26 Å². The van der Waals surface area contributed by atoms with Gasteiger partial charge in [0.15, 0.2) is 0 Å². The van der Waals surface area contributed by atoms with E-state index in [1.54, 1.807) is 0 Å². The molecular weight excluding hydrogens is 445 g/mol. The predicted molar refractivity (Wildman–Crippen MR) is 129 cm³/mol. The minimum atomic E-state index is -4.49. The second kappa shape index (κ2) is 19.3. The van der Waals surface area contributed by atoms with Gasteiger partial charge < -0.3 is 28.3 Å². The molecule has 2 atom stereocenters. The Balaban J connectivity index is 3.67. The van der Waals surface area contributed by atoms with Crippen molar-refractivity contribution in [1.29, 1.82) is 0 Å². The summed E-state index contributed by atoms with van der Waals surface area (Å²) in [6.07, 6.45) is 17.4. The number of quaternary nitrogens is 1. The van der Waals surface area contributed by atoms with Crippen LogP contribution in [-0.4, -0.2) is 69.2 Å². The average Bonchev–Trinajstić information content (AvgIpc) is 2.73. The molecule has 0 amide bonds. The van der Waals surface area contributed by atoms with Gasteiger partial charge in [-0.2, -0.15) is 0 Å². The molecule has 9 heteroatoms. The molecule has 0 heterocycles. The lowest BCUT2D eigenvalue weighted by Gasteiger charge is -2.27. The minimum Gasteiger partial charge on any atom is -0.756 e. The largest absolute Gasteiger partial charge is 0.756 e. The number of aliphatic hydroxyl groups excluding tert-OH is 1. The molecule has 8 nitrogen and oxygen atoms in total. The van der Waals surface area contributed by atoms with Crippen molar-refractivity contribution in [3.8, 4) is 0 Å². The van der Waals surface area contributed by atoms with Crippen molar-refractivity contribution in [1.82, 2.24) is 0 Å². The summed E-state index contributed by atoms with van der Waals surface area (Å²) in [7, 11) is 1.23. The number of phosphoric acid groups is 1. The highest BCUT2D eigenvalue weighted by Gasteiger charge is 2.16. The zero-order valence-electron chi connectivity index (χ0n) is 21.1. The number of aliphatic hydroxyl groups is 1. The third-order valence-corrected chi connectivity index (χ3v) is 5.65. The van der Waals surface area contributed by atoms with E-state index in [1.165, 1.54) is 6.42 Å². The molecule has 0 saturated carbocycles. The number of hydrogen-bond acceptors (Lipinski definition) is 7. The number of unbranched alkanes of at least 4 members (excludes halogenated alkanes) is 6. The summed E-state index contributed by atoms with van der Waals surface area (Å²) in [6.45, 7) is 1.83. The molecule has 0 aromatic rings. The van der Waals surface area contributed by atoms with Gasteiger partial charge in [-0.25, -0.2) is 0 Å². The zero-order valence-corrected chi connectivity index (χ0v) is 22.0. The number of carbonyl (C=O) groups is 1. The molecule has 0 fully saturated rings. The molecule has 0 aromatic carbocycles. The van der Waals surface area contributed by atoms with Gasteiger partial charge in [-0.15, -0.1) is 0 Å². The van der Waals surface area contributed by atoms with E-state index >= 15 is 0 Å². The molecule has 194 valence electrons.